The number of aliphatic hydroxyl groups is 2. The molecule has 0 aromatic carbocycles. The monoisotopic (exact) mass is 481 g/mol. The van der Waals surface area contributed by atoms with Crippen molar-refractivity contribution >= 4 is 39.7 Å². The molecule has 0 fully saturated rings. The first-order valence-electron chi connectivity index (χ1n) is 10.2. The molecule has 0 rings (SSSR count). The predicted octanol–water partition coefficient (Wildman–Crippen LogP) is 3.24. The number of nitrogens with zero attached hydrogens (tertiary/aromatic N) is 1. The predicted molar refractivity (Wildman–Crippen MR) is 128 cm³/mol. The lowest BCUT2D eigenvalue weighted by Gasteiger charge is -2.43. The van der Waals surface area contributed by atoms with E-state index in [1.54, 1.807) is 0 Å². The third-order valence-electron chi connectivity index (χ3n) is 3.42. The zero-order valence-corrected chi connectivity index (χ0v) is 23.9. The second-order valence-corrected chi connectivity index (χ2v) is 27.2. The Morgan fingerprint density at radius 2 is 1.38 bits per heavy atom. The van der Waals surface area contributed by atoms with Crippen LogP contribution in [0.4, 0.5) is 0 Å². The Hall–Kier alpha value is -0.122. The molecule has 0 radical (unpaired) electrons. The van der Waals surface area contributed by atoms with E-state index in [-0.39, 0.29) is 12.5 Å². The lowest BCUT2D eigenvalue weighted by Crippen LogP contribution is -2.60. The largest absolute Gasteiger partial charge is 0.469 e. The van der Waals surface area contributed by atoms with Gasteiger partial charge in [-0.05, 0) is 71.4 Å². The number of hydrogen-bond acceptors (Lipinski definition) is 6. The van der Waals surface area contributed by atoms with E-state index < -0.39 is 46.5 Å². The van der Waals surface area contributed by atoms with Gasteiger partial charge in [0.1, 0.15) is 0 Å². The summed E-state index contributed by atoms with van der Waals surface area (Å²) in [6.45, 7) is 22.9. The second kappa shape index (κ2) is 11.5. The fourth-order valence-electron chi connectivity index (χ4n) is 2.83. The Kier molecular flexibility index (Phi) is 11.4. The fraction of sp³-hybridized carbons (Fsp3) is 0.833. The average Bonchev–Trinajstić information content (AvgIpc) is 2.47. The molecule has 0 aliphatic carbocycles. The first-order valence-corrected chi connectivity index (χ1v) is 22.4. The summed E-state index contributed by atoms with van der Waals surface area (Å²) in [5.74, 6) is -0.270. The van der Waals surface area contributed by atoms with Crippen LogP contribution in [0.1, 0.15) is 6.42 Å². The Bertz CT molecular complexity index is 487. The minimum atomic E-state index is -2.95. The third kappa shape index (κ3) is 13.7. The summed E-state index contributed by atoms with van der Waals surface area (Å²) in [6.07, 6.45) is 0.879. The zero-order chi connectivity index (χ0) is 23.1. The normalized spacial score (nSPS) is 14.6. The van der Waals surface area contributed by atoms with Crippen LogP contribution in [0.15, 0.2) is 12.7 Å². The van der Waals surface area contributed by atoms with E-state index in [2.05, 4.69) is 65.5 Å². The molecule has 29 heavy (non-hydrogen) atoms. The van der Waals surface area contributed by atoms with Gasteiger partial charge in [0, 0.05) is 19.1 Å². The minimum Gasteiger partial charge on any atom is -0.417 e. The molecule has 172 valence electrons. The number of aliphatic hydroxyl groups excluding tert-OH is 2. The highest BCUT2D eigenvalue weighted by atomic mass is 28.5. The van der Waals surface area contributed by atoms with Crippen LogP contribution in [-0.4, -0.2) is 80.6 Å². The maximum absolute atomic E-state index is 12.2. The van der Waals surface area contributed by atoms with Gasteiger partial charge in [0.05, 0.1) is 12.7 Å². The summed E-state index contributed by atoms with van der Waals surface area (Å²) in [5, 5.41) is 18.9. The van der Waals surface area contributed by atoms with E-state index in [1.165, 1.54) is 11.0 Å². The first kappa shape index (κ1) is 28.9. The van der Waals surface area contributed by atoms with E-state index in [0.717, 1.165) is 0 Å². The van der Waals surface area contributed by atoms with Crippen LogP contribution in [0.3, 0.4) is 0 Å². The molecule has 2 N–H and O–H groups in total. The lowest BCUT2D eigenvalue weighted by atomic mass is 10.3. The topological polar surface area (TPSA) is 88.5 Å². The molecular weight excluding hydrogens is 439 g/mol. The summed E-state index contributed by atoms with van der Waals surface area (Å²) < 4.78 is 19.9. The molecule has 11 heteroatoms. The van der Waals surface area contributed by atoms with Crippen molar-refractivity contribution in [1.29, 1.82) is 0 Å². The molecule has 1 amide bonds. The van der Waals surface area contributed by atoms with Gasteiger partial charge in [-0.1, -0.05) is 6.58 Å². The van der Waals surface area contributed by atoms with E-state index in [9.17, 15) is 9.90 Å². The van der Waals surface area contributed by atoms with Gasteiger partial charge in [0.15, 0.2) is 25.0 Å². The van der Waals surface area contributed by atoms with Gasteiger partial charge in [0.25, 0.3) is 0 Å². The Balaban J connectivity index is 5.59. The second-order valence-electron chi connectivity index (χ2n) is 10.3. The summed E-state index contributed by atoms with van der Waals surface area (Å²) >= 11 is 0. The maximum Gasteiger partial charge on any atom is 0.469 e. The van der Waals surface area contributed by atoms with Crippen LogP contribution in [0.2, 0.25) is 65.0 Å². The van der Waals surface area contributed by atoms with Crippen LogP contribution in [0.25, 0.3) is 0 Å². The molecule has 0 aliphatic heterocycles. The SMILES string of the molecule is C=CC(=O)N(CCC[Si](O[Si](C)(C)C)(O[Si](C)(C)C)O[Si](C)(C)C)CC(O)CO. The molecule has 0 saturated heterocycles. The number of amides is 1. The lowest BCUT2D eigenvalue weighted by molar-refractivity contribution is -0.127. The van der Waals surface area contributed by atoms with E-state index >= 15 is 0 Å². The summed E-state index contributed by atoms with van der Waals surface area (Å²) in [6, 6.07) is 0.613. The van der Waals surface area contributed by atoms with Crippen LogP contribution < -0.4 is 0 Å². The van der Waals surface area contributed by atoms with Crippen molar-refractivity contribution in [2.24, 2.45) is 0 Å². The van der Waals surface area contributed by atoms with E-state index in [4.69, 9.17) is 17.5 Å². The van der Waals surface area contributed by atoms with Gasteiger partial charge in [0.2, 0.25) is 5.91 Å². The van der Waals surface area contributed by atoms with Gasteiger partial charge < -0.3 is 27.5 Å². The van der Waals surface area contributed by atoms with Crippen LogP contribution >= 0.6 is 0 Å². The van der Waals surface area contributed by atoms with Gasteiger partial charge >= 0.3 is 8.80 Å². The smallest absolute Gasteiger partial charge is 0.417 e. The molecule has 0 bridgehead atoms. The van der Waals surface area contributed by atoms with Crippen LogP contribution in [0.5, 0.6) is 0 Å². The Labute approximate surface area is 181 Å². The Morgan fingerprint density at radius 3 is 1.69 bits per heavy atom. The minimum absolute atomic E-state index is 0.0640. The van der Waals surface area contributed by atoms with E-state index in [0.29, 0.717) is 19.0 Å². The van der Waals surface area contributed by atoms with Gasteiger partial charge in [-0.25, -0.2) is 0 Å². The van der Waals surface area contributed by atoms with Crippen LogP contribution in [-0.2, 0) is 17.1 Å². The van der Waals surface area contributed by atoms with Gasteiger partial charge in [-0.2, -0.15) is 0 Å². The number of carbonyl (C=O) groups excluding carboxylic acids is 1. The van der Waals surface area contributed by atoms with Crippen molar-refractivity contribution in [1.82, 2.24) is 4.90 Å². The molecule has 0 heterocycles. The van der Waals surface area contributed by atoms with Crippen molar-refractivity contribution in [2.45, 2.75) is 77.5 Å². The Morgan fingerprint density at radius 1 is 0.966 bits per heavy atom. The molecule has 7 nitrogen and oxygen atoms in total. The van der Waals surface area contributed by atoms with Crippen LogP contribution in [0, 0.1) is 0 Å². The molecule has 0 aliphatic rings. The van der Waals surface area contributed by atoms with Crippen molar-refractivity contribution in [3.63, 3.8) is 0 Å². The molecule has 1 unspecified atom stereocenters. The van der Waals surface area contributed by atoms with Crippen molar-refractivity contribution in [2.75, 3.05) is 19.7 Å². The highest BCUT2D eigenvalue weighted by molar-refractivity contribution is 6.90. The summed E-state index contributed by atoms with van der Waals surface area (Å²) in [5.41, 5.74) is 0. The summed E-state index contributed by atoms with van der Waals surface area (Å²) in [4.78, 5) is 13.7. The molecule has 0 aromatic heterocycles. The molecule has 1 atom stereocenters. The van der Waals surface area contributed by atoms with Crippen molar-refractivity contribution in [3.05, 3.63) is 12.7 Å². The molecular formula is C18H43NO6Si4. The molecule has 0 saturated carbocycles. The highest BCUT2D eigenvalue weighted by Gasteiger charge is 2.49. The van der Waals surface area contributed by atoms with Crippen molar-refractivity contribution in [3.8, 4) is 0 Å². The quantitative estimate of drug-likeness (QED) is 0.292. The summed E-state index contributed by atoms with van der Waals surface area (Å²) in [7, 11) is -8.78. The highest BCUT2D eigenvalue weighted by Crippen LogP contribution is 2.30. The maximum atomic E-state index is 12.2. The first-order chi connectivity index (χ1) is 12.9. The van der Waals surface area contributed by atoms with Gasteiger partial charge in [-0.3, -0.25) is 4.79 Å². The van der Waals surface area contributed by atoms with Gasteiger partial charge in [-0.15, -0.1) is 0 Å². The number of hydrogen-bond donors (Lipinski definition) is 2. The number of carbonyl (C=O) groups is 1. The standard InChI is InChI=1S/C18H43NO6Si4/c1-11-18(22)19(15-17(21)16-20)13-12-14-29(23-26(2,3)4,24-27(5,6)7)25-28(8,9)10/h11,17,20-21H,1,12-16H2,2-10H3. The zero-order valence-electron chi connectivity index (χ0n) is 19.9. The van der Waals surface area contributed by atoms with E-state index in [1.807, 2.05) is 0 Å². The fourth-order valence-corrected chi connectivity index (χ4v) is 17.5. The molecule has 0 spiro atoms. The molecule has 0 aromatic rings. The average molecular weight is 482 g/mol. The third-order valence-corrected chi connectivity index (χ3v) is 15.5. The number of rotatable bonds is 14. The van der Waals surface area contributed by atoms with Crippen molar-refractivity contribution < 1.29 is 27.4 Å².